The van der Waals surface area contributed by atoms with Crippen molar-refractivity contribution in [3.8, 4) is 5.75 Å². The van der Waals surface area contributed by atoms with Gasteiger partial charge in [-0.1, -0.05) is 30.3 Å². The zero-order valence-electron chi connectivity index (χ0n) is 19.8. The molecule has 0 aromatic heterocycles. The second-order valence-electron chi connectivity index (χ2n) is 9.30. The Balaban J connectivity index is 1.27. The molecule has 0 N–H and O–H groups in total. The van der Waals surface area contributed by atoms with Gasteiger partial charge in [-0.15, -0.1) is 0 Å². The van der Waals surface area contributed by atoms with E-state index in [1.807, 2.05) is 12.1 Å². The van der Waals surface area contributed by atoms with Crippen LogP contribution in [0.2, 0.25) is 11.6 Å². The molecule has 2 fully saturated rings. The fourth-order valence-corrected chi connectivity index (χ4v) is 4.88. The van der Waals surface area contributed by atoms with Gasteiger partial charge in [-0.25, -0.2) is 0 Å². The van der Waals surface area contributed by atoms with Gasteiger partial charge in [0.05, 0.1) is 35.5 Å². The maximum Gasteiger partial charge on any atom is 0.255 e. The lowest BCUT2D eigenvalue weighted by atomic mass is 9.59. The van der Waals surface area contributed by atoms with E-state index in [0.717, 1.165) is 38.4 Å². The summed E-state index contributed by atoms with van der Waals surface area (Å²) >= 11 is 0. The zero-order valence-corrected chi connectivity index (χ0v) is 19.8. The molecule has 3 atom stereocenters. The van der Waals surface area contributed by atoms with Crippen LogP contribution in [0.15, 0.2) is 42.5 Å². The summed E-state index contributed by atoms with van der Waals surface area (Å²) in [4.78, 5) is 42.1. The third-order valence-electron chi connectivity index (χ3n) is 7.01. The van der Waals surface area contributed by atoms with Crippen molar-refractivity contribution in [3.63, 3.8) is 0 Å². The number of benzene rings is 2. The third-order valence-corrected chi connectivity index (χ3v) is 7.01. The summed E-state index contributed by atoms with van der Waals surface area (Å²) in [6.07, 6.45) is 0. The first-order valence-corrected chi connectivity index (χ1v) is 11.9. The van der Waals surface area contributed by atoms with Gasteiger partial charge in [0, 0.05) is 30.8 Å². The molecule has 8 nitrogen and oxygen atoms in total. The summed E-state index contributed by atoms with van der Waals surface area (Å²) in [6.45, 7) is 4.70. The van der Waals surface area contributed by atoms with Crippen LogP contribution in [0.4, 0.5) is 0 Å². The predicted octanol–water partition coefficient (Wildman–Crippen LogP) is 0.789. The summed E-state index contributed by atoms with van der Waals surface area (Å²) in [7, 11) is 17.6. The molecule has 178 valence electrons. The molecule has 3 aliphatic heterocycles. The maximum absolute atomic E-state index is 13.2. The Kier molecular flexibility index (Phi) is 6.95. The van der Waals surface area contributed by atoms with E-state index >= 15 is 0 Å². The topological polar surface area (TPSA) is 79.4 Å². The second kappa shape index (κ2) is 10.1. The molecule has 3 heterocycles. The normalized spacial score (nSPS) is 24.8. The quantitative estimate of drug-likeness (QED) is 0.451. The average molecular weight is 479 g/mol. The van der Waals surface area contributed by atoms with Gasteiger partial charge in [0.2, 0.25) is 19.8 Å². The van der Waals surface area contributed by atoms with Crippen LogP contribution in [0.3, 0.4) is 0 Å². The van der Waals surface area contributed by atoms with Crippen molar-refractivity contribution in [1.29, 1.82) is 0 Å². The van der Waals surface area contributed by atoms with Gasteiger partial charge in [0.15, 0.2) is 0 Å². The van der Waals surface area contributed by atoms with E-state index in [-0.39, 0.29) is 12.5 Å². The van der Waals surface area contributed by atoms with E-state index in [4.69, 9.17) is 33.1 Å². The molecule has 3 unspecified atom stereocenters. The van der Waals surface area contributed by atoms with Gasteiger partial charge in [-0.2, -0.15) is 0 Å². The molecule has 0 saturated carbocycles. The highest BCUT2D eigenvalue weighted by Gasteiger charge is 2.47. The smallest absolute Gasteiger partial charge is 0.255 e. The minimum absolute atomic E-state index is 0.0989. The number of fused-ring (bicyclic) bond motifs is 1. The molecule has 0 bridgehead atoms. The molecular formula is C25H24B3N3O5. The molecule has 11 heteroatoms. The highest BCUT2D eigenvalue weighted by molar-refractivity contribution is 6.40. The number of hydrogen-bond acceptors (Lipinski definition) is 6. The third kappa shape index (κ3) is 4.57. The Bertz CT molecular complexity index is 1170. The number of carbonyl (C=O) groups excluding carboxylic acids is 3. The molecule has 0 spiro atoms. The number of carbonyl (C=O) groups is 3. The van der Waals surface area contributed by atoms with Crippen molar-refractivity contribution in [2.45, 2.75) is 37.4 Å². The fourth-order valence-electron chi connectivity index (χ4n) is 4.88. The minimum Gasteiger partial charge on any atom is -0.489 e. The summed E-state index contributed by atoms with van der Waals surface area (Å²) in [5.74, 6) is -3.61. The molecule has 2 aromatic carbocycles. The van der Waals surface area contributed by atoms with Crippen LogP contribution in [0.5, 0.6) is 5.75 Å². The summed E-state index contributed by atoms with van der Waals surface area (Å²) in [5, 5.41) is 0. The standard InChI is InChI=1S/C25H24B3N3O5/c26-20-21(27)24(33)31(28)25(34)22(20)30-13-18-17(23(30)32)2-1-3-19(18)36-14-16-6-4-15(5-7-16)12-29-8-10-35-11-9-29/h1-7,20-22H,8-14H2. The number of piperidine rings is 1. The summed E-state index contributed by atoms with van der Waals surface area (Å²) < 4.78 is 11.5. The first-order valence-electron chi connectivity index (χ1n) is 11.9. The van der Waals surface area contributed by atoms with E-state index < -0.39 is 29.5 Å². The lowest BCUT2D eigenvalue weighted by Gasteiger charge is -2.42. The highest BCUT2D eigenvalue weighted by atomic mass is 16.5. The zero-order chi connectivity index (χ0) is 25.4. The van der Waals surface area contributed by atoms with Crippen LogP contribution in [0.1, 0.15) is 27.0 Å². The predicted molar refractivity (Wildman–Crippen MR) is 134 cm³/mol. The molecule has 2 saturated heterocycles. The maximum atomic E-state index is 13.2. The van der Waals surface area contributed by atoms with Crippen LogP contribution in [-0.2, 0) is 34.0 Å². The Morgan fingerprint density at radius 3 is 2.36 bits per heavy atom. The molecule has 0 aliphatic carbocycles. The van der Waals surface area contributed by atoms with E-state index in [1.54, 1.807) is 18.2 Å². The van der Waals surface area contributed by atoms with Crippen LogP contribution in [-0.4, -0.2) is 88.4 Å². The average Bonchev–Trinajstić information content (AvgIpc) is 3.23. The monoisotopic (exact) mass is 479 g/mol. The van der Waals surface area contributed by atoms with E-state index in [0.29, 0.717) is 28.3 Å². The van der Waals surface area contributed by atoms with Gasteiger partial charge in [-0.3, -0.25) is 19.3 Å². The molecule has 3 aliphatic rings. The Hall–Kier alpha value is -3.04. The van der Waals surface area contributed by atoms with E-state index in [1.165, 1.54) is 10.5 Å². The second-order valence-corrected chi connectivity index (χ2v) is 9.30. The molecule has 2 aromatic rings. The highest BCUT2D eigenvalue weighted by Crippen LogP contribution is 2.39. The van der Waals surface area contributed by atoms with Gasteiger partial charge in [0.1, 0.15) is 18.4 Å². The van der Waals surface area contributed by atoms with Crippen molar-refractivity contribution in [2.75, 3.05) is 26.3 Å². The van der Waals surface area contributed by atoms with Crippen molar-refractivity contribution in [1.82, 2.24) is 14.6 Å². The minimum atomic E-state index is -1.18. The first kappa shape index (κ1) is 24.7. The van der Waals surface area contributed by atoms with Crippen LogP contribution in [0.25, 0.3) is 0 Å². The van der Waals surface area contributed by atoms with Crippen molar-refractivity contribution >= 4 is 41.4 Å². The summed E-state index contributed by atoms with van der Waals surface area (Å²) in [6, 6.07) is 12.3. The Labute approximate surface area is 214 Å². The van der Waals surface area contributed by atoms with Gasteiger partial charge in [-0.05, 0) is 34.9 Å². The number of morpholine rings is 1. The number of imide groups is 1. The van der Waals surface area contributed by atoms with Crippen LogP contribution >= 0.6 is 0 Å². The van der Waals surface area contributed by atoms with Crippen molar-refractivity contribution in [3.05, 3.63) is 64.7 Å². The fraction of sp³-hybridized carbons (Fsp3) is 0.400. The van der Waals surface area contributed by atoms with Crippen molar-refractivity contribution < 1.29 is 23.9 Å². The van der Waals surface area contributed by atoms with Gasteiger partial charge in [0.25, 0.3) is 5.91 Å². The molecule has 5 rings (SSSR count). The van der Waals surface area contributed by atoms with Gasteiger partial charge < -0.3 is 19.2 Å². The Morgan fingerprint density at radius 1 is 0.944 bits per heavy atom. The molecule has 36 heavy (non-hydrogen) atoms. The largest absolute Gasteiger partial charge is 0.489 e. The summed E-state index contributed by atoms with van der Waals surface area (Å²) in [5.41, 5.74) is 3.29. The lowest BCUT2D eigenvalue weighted by molar-refractivity contribution is -0.145. The Morgan fingerprint density at radius 2 is 1.64 bits per heavy atom. The number of rotatable bonds is 6. The number of nitrogens with zero attached hydrogens (tertiary/aromatic N) is 3. The van der Waals surface area contributed by atoms with Crippen LogP contribution in [0, 0.1) is 0 Å². The number of amides is 3. The first-order chi connectivity index (χ1) is 17.3. The van der Waals surface area contributed by atoms with Gasteiger partial charge >= 0.3 is 0 Å². The lowest BCUT2D eigenvalue weighted by Crippen LogP contribution is -2.58. The van der Waals surface area contributed by atoms with Crippen molar-refractivity contribution in [2.24, 2.45) is 0 Å². The molecule has 3 amide bonds. The SMILES string of the molecule is [B]C1C(=O)N([B])C(=O)C(N2Cc3c(OCc4ccc(CN5CCOCC5)cc4)cccc3C2=O)C1[B]. The number of ether oxygens (including phenoxy) is 2. The number of hydrogen-bond donors (Lipinski definition) is 0. The van der Waals surface area contributed by atoms with Crippen LogP contribution < -0.4 is 4.74 Å². The molecule has 6 radical (unpaired) electrons. The molecular weight excluding hydrogens is 455 g/mol. The van der Waals surface area contributed by atoms with E-state index in [9.17, 15) is 14.4 Å². The van der Waals surface area contributed by atoms with E-state index in [2.05, 4.69) is 17.0 Å².